The maximum Gasteiger partial charge on any atom is 0.119 e. The Labute approximate surface area is 143 Å². The number of benzene rings is 1. The molecular formula is C19H25N3O2. The van der Waals surface area contributed by atoms with Crippen molar-refractivity contribution in [2.45, 2.75) is 5.92 Å². The van der Waals surface area contributed by atoms with Crippen LogP contribution in [0.1, 0.15) is 11.5 Å². The molecule has 2 N–H and O–H groups in total. The van der Waals surface area contributed by atoms with Gasteiger partial charge in [0.1, 0.15) is 12.4 Å². The molecule has 0 aromatic heterocycles. The summed E-state index contributed by atoms with van der Waals surface area (Å²) in [7, 11) is 0. The fraction of sp³-hybridized carbons (Fsp3) is 0.421. The summed E-state index contributed by atoms with van der Waals surface area (Å²) in [6, 6.07) is 8.24. The summed E-state index contributed by atoms with van der Waals surface area (Å²) in [5.74, 6) is 1.08. The van der Waals surface area contributed by atoms with Crippen molar-refractivity contribution in [1.29, 1.82) is 0 Å². The fourth-order valence-corrected chi connectivity index (χ4v) is 2.78. The largest absolute Gasteiger partial charge is 0.492 e. The van der Waals surface area contributed by atoms with Crippen molar-refractivity contribution in [3.8, 4) is 5.75 Å². The molecule has 2 aliphatic rings. The van der Waals surface area contributed by atoms with Crippen LogP contribution in [-0.2, 0) is 4.74 Å². The van der Waals surface area contributed by atoms with Crippen LogP contribution in [0.3, 0.4) is 0 Å². The standard InChI is InChI=1S/C19H25N3O2/c20-14-18-3-1-2-17(15-21-18)16-4-6-19(7-5-16)24-13-10-22-8-11-23-12-9-22/h1-7,15,17H,8-14,20H2. The van der Waals surface area contributed by atoms with Crippen LogP contribution in [0.25, 0.3) is 0 Å². The van der Waals surface area contributed by atoms with Gasteiger partial charge in [0.25, 0.3) is 0 Å². The van der Waals surface area contributed by atoms with E-state index in [1.54, 1.807) is 0 Å². The van der Waals surface area contributed by atoms with Crippen molar-refractivity contribution in [2.75, 3.05) is 46.0 Å². The van der Waals surface area contributed by atoms with E-state index in [2.05, 4.69) is 28.1 Å². The van der Waals surface area contributed by atoms with E-state index in [1.165, 1.54) is 5.56 Å². The molecule has 0 radical (unpaired) electrons. The Kier molecular flexibility index (Phi) is 6.18. The lowest BCUT2D eigenvalue weighted by Gasteiger charge is -2.26. The number of nitrogens with two attached hydrogens (primary N) is 1. The van der Waals surface area contributed by atoms with Crippen LogP contribution in [-0.4, -0.2) is 57.1 Å². The minimum absolute atomic E-state index is 0.174. The number of ether oxygens (including phenoxy) is 2. The van der Waals surface area contributed by atoms with Crippen LogP contribution in [0.2, 0.25) is 0 Å². The molecular weight excluding hydrogens is 302 g/mol. The average Bonchev–Trinajstić information content (AvgIpc) is 2.89. The molecule has 1 saturated heterocycles. The molecule has 1 fully saturated rings. The molecule has 5 nitrogen and oxygen atoms in total. The van der Waals surface area contributed by atoms with E-state index in [-0.39, 0.29) is 5.92 Å². The summed E-state index contributed by atoms with van der Waals surface area (Å²) in [6.07, 6.45) is 8.04. The van der Waals surface area contributed by atoms with Crippen LogP contribution < -0.4 is 10.5 Å². The summed E-state index contributed by atoms with van der Waals surface area (Å²) >= 11 is 0. The van der Waals surface area contributed by atoms with Crippen LogP contribution in [0.15, 0.2) is 53.2 Å². The van der Waals surface area contributed by atoms with Crippen molar-refractivity contribution < 1.29 is 9.47 Å². The molecule has 1 unspecified atom stereocenters. The maximum atomic E-state index is 5.85. The Morgan fingerprint density at radius 1 is 1.21 bits per heavy atom. The number of allylic oxidation sites excluding steroid dienone is 3. The third kappa shape index (κ3) is 4.77. The van der Waals surface area contributed by atoms with Crippen LogP contribution in [0.5, 0.6) is 5.75 Å². The zero-order valence-corrected chi connectivity index (χ0v) is 13.9. The Morgan fingerprint density at radius 3 is 2.75 bits per heavy atom. The number of hydrogen-bond donors (Lipinski definition) is 1. The SMILES string of the molecule is NCC1=CC=CC(c2ccc(OCCN3CCOCC3)cc2)C=N1. The van der Waals surface area contributed by atoms with Gasteiger partial charge < -0.3 is 15.2 Å². The van der Waals surface area contributed by atoms with Gasteiger partial charge in [-0.05, 0) is 23.8 Å². The summed E-state index contributed by atoms with van der Waals surface area (Å²) in [5, 5.41) is 0. The highest BCUT2D eigenvalue weighted by atomic mass is 16.5. The lowest BCUT2D eigenvalue weighted by Crippen LogP contribution is -2.38. The first-order valence-electron chi connectivity index (χ1n) is 8.49. The van der Waals surface area contributed by atoms with Gasteiger partial charge in [0.15, 0.2) is 0 Å². The number of hydrogen-bond acceptors (Lipinski definition) is 5. The number of nitrogens with zero attached hydrogens (tertiary/aromatic N) is 2. The molecule has 0 aliphatic carbocycles. The lowest BCUT2D eigenvalue weighted by molar-refractivity contribution is 0.0322. The molecule has 3 rings (SSSR count). The molecule has 0 spiro atoms. The van der Waals surface area contributed by atoms with E-state index in [4.69, 9.17) is 15.2 Å². The van der Waals surface area contributed by atoms with E-state index >= 15 is 0 Å². The second-order valence-electron chi connectivity index (χ2n) is 5.92. The van der Waals surface area contributed by atoms with Crippen LogP contribution in [0.4, 0.5) is 0 Å². The summed E-state index contributed by atoms with van der Waals surface area (Å²) < 4.78 is 11.2. The lowest BCUT2D eigenvalue weighted by atomic mass is 10.00. The quantitative estimate of drug-likeness (QED) is 0.868. The van der Waals surface area contributed by atoms with Gasteiger partial charge in [0, 0.05) is 38.3 Å². The molecule has 0 bridgehead atoms. The van der Waals surface area contributed by atoms with Gasteiger partial charge in [-0.15, -0.1) is 0 Å². The highest BCUT2D eigenvalue weighted by Crippen LogP contribution is 2.21. The zero-order valence-electron chi connectivity index (χ0n) is 13.9. The maximum absolute atomic E-state index is 5.85. The first-order chi connectivity index (χ1) is 11.8. The van der Waals surface area contributed by atoms with Gasteiger partial charge in [0.2, 0.25) is 0 Å². The zero-order chi connectivity index (χ0) is 16.6. The second-order valence-corrected chi connectivity index (χ2v) is 5.92. The Morgan fingerprint density at radius 2 is 2.00 bits per heavy atom. The van der Waals surface area contributed by atoms with Gasteiger partial charge in [0.05, 0.1) is 18.9 Å². The van der Waals surface area contributed by atoms with Crippen molar-refractivity contribution >= 4 is 6.21 Å². The Hall–Kier alpha value is -1.95. The van der Waals surface area contributed by atoms with Gasteiger partial charge in [-0.3, -0.25) is 9.89 Å². The van der Waals surface area contributed by atoms with Crippen LogP contribution >= 0.6 is 0 Å². The predicted octanol–water partition coefficient (Wildman–Crippen LogP) is 1.96. The van der Waals surface area contributed by atoms with Gasteiger partial charge >= 0.3 is 0 Å². The molecule has 2 heterocycles. The second kappa shape index (κ2) is 8.78. The topological polar surface area (TPSA) is 60.1 Å². The molecule has 24 heavy (non-hydrogen) atoms. The smallest absolute Gasteiger partial charge is 0.119 e. The molecule has 1 aromatic carbocycles. The molecule has 2 aliphatic heterocycles. The molecule has 1 atom stereocenters. The van der Waals surface area contributed by atoms with Crippen molar-refractivity contribution in [3.05, 3.63) is 53.8 Å². The van der Waals surface area contributed by atoms with Crippen molar-refractivity contribution in [3.63, 3.8) is 0 Å². The predicted molar refractivity (Wildman–Crippen MR) is 96.7 cm³/mol. The molecule has 0 saturated carbocycles. The third-order valence-electron chi connectivity index (χ3n) is 4.26. The molecule has 1 aromatic rings. The summed E-state index contributed by atoms with van der Waals surface area (Å²) in [4.78, 5) is 6.79. The Bertz CT molecular complexity index is 602. The van der Waals surface area contributed by atoms with Gasteiger partial charge in [-0.1, -0.05) is 24.3 Å². The first kappa shape index (κ1) is 16.9. The normalized spacial score (nSPS) is 21.4. The number of morpholine rings is 1. The van der Waals surface area contributed by atoms with Crippen molar-refractivity contribution in [2.24, 2.45) is 10.7 Å². The van der Waals surface area contributed by atoms with E-state index in [0.717, 1.165) is 44.3 Å². The fourth-order valence-electron chi connectivity index (χ4n) is 2.78. The highest BCUT2D eigenvalue weighted by molar-refractivity contribution is 5.72. The Balaban J connectivity index is 1.50. The third-order valence-corrected chi connectivity index (χ3v) is 4.26. The first-order valence-corrected chi connectivity index (χ1v) is 8.49. The van der Waals surface area contributed by atoms with E-state index in [9.17, 15) is 0 Å². The number of rotatable bonds is 6. The van der Waals surface area contributed by atoms with E-state index < -0.39 is 0 Å². The minimum Gasteiger partial charge on any atom is -0.492 e. The number of aliphatic imine (C=N–C) groups is 1. The molecule has 128 valence electrons. The van der Waals surface area contributed by atoms with E-state index in [1.807, 2.05) is 30.5 Å². The monoisotopic (exact) mass is 327 g/mol. The summed E-state index contributed by atoms with van der Waals surface area (Å²) in [6.45, 7) is 5.74. The highest BCUT2D eigenvalue weighted by Gasteiger charge is 2.10. The summed E-state index contributed by atoms with van der Waals surface area (Å²) in [5.41, 5.74) is 7.73. The molecule has 0 amide bonds. The van der Waals surface area contributed by atoms with Crippen LogP contribution in [0, 0.1) is 0 Å². The van der Waals surface area contributed by atoms with E-state index in [0.29, 0.717) is 13.2 Å². The van der Waals surface area contributed by atoms with Crippen molar-refractivity contribution in [1.82, 2.24) is 4.90 Å². The van der Waals surface area contributed by atoms with Gasteiger partial charge in [-0.2, -0.15) is 0 Å². The minimum atomic E-state index is 0.174. The van der Waals surface area contributed by atoms with Gasteiger partial charge in [-0.25, -0.2) is 0 Å². The molecule has 5 heteroatoms. The average molecular weight is 327 g/mol.